The highest BCUT2D eigenvalue weighted by atomic mass is 16.1. The zero-order valence-corrected chi connectivity index (χ0v) is 16.1. The molecule has 3 rings (SSSR count). The molecule has 1 saturated heterocycles. The van der Waals surface area contributed by atoms with Gasteiger partial charge in [0.25, 0.3) is 0 Å². The fourth-order valence-electron chi connectivity index (χ4n) is 2.90. The lowest BCUT2D eigenvalue weighted by atomic mass is 10.1. The summed E-state index contributed by atoms with van der Waals surface area (Å²) in [7, 11) is 3.80. The molecule has 0 spiro atoms. The van der Waals surface area contributed by atoms with Crippen LogP contribution in [0.3, 0.4) is 0 Å². The second kappa shape index (κ2) is 8.62. The second-order valence-corrected chi connectivity index (χ2v) is 6.85. The SMILES string of the molecule is Cc1ccccc1/C=C/C(=O)NCc1nc(N(C)C)nc(N2CCCC2)n1. The molecule has 0 unspecified atom stereocenters. The van der Waals surface area contributed by atoms with Gasteiger partial charge in [-0.15, -0.1) is 0 Å². The van der Waals surface area contributed by atoms with Crippen molar-refractivity contribution in [2.45, 2.75) is 26.3 Å². The molecular weight excluding hydrogens is 340 g/mol. The number of rotatable bonds is 6. The molecule has 2 heterocycles. The Morgan fingerprint density at radius 2 is 1.93 bits per heavy atom. The summed E-state index contributed by atoms with van der Waals surface area (Å²) in [6.45, 7) is 4.20. The number of anilines is 2. The van der Waals surface area contributed by atoms with Crippen molar-refractivity contribution in [3.05, 3.63) is 47.3 Å². The molecule has 0 atom stereocenters. The first-order valence-electron chi connectivity index (χ1n) is 9.22. The number of hydrogen-bond donors (Lipinski definition) is 1. The van der Waals surface area contributed by atoms with Gasteiger partial charge in [0.2, 0.25) is 17.8 Å². The van der Waals surface area contributed by atoms with E-state index >= 15 is 0 Å². The van der Waals surface area contributed by atoms with Crippen molar-refractivity contribution >= 4 is 23.9 Å². The summed E-state index contributed by atoms with van der Waals surface area (Å²) in [5.41, 5.74) is 2.16. The zero-order valence-electron chi connectivity index (χ0n) is 16.1. The highest BCUT2D eigenvalue weighted by Gasteiger charge is 2.18. The number of benzene rings is 1. The van der Waals surface area contributed by atoms with Gasteiger partial charge in [0, 0.05) is 33.3 Å². The standard InChI is InChI=1S/C20H26N6O/c1-15-8-4-5-9-16(15)10-11-18(27)21-14-17-22-19(25(2)3)24-20(23-17)26-12-6-7-13-26/h4-5,8-11H,6-7,12-14H2,1-3H3,(H,21,27)/b11-10+. The minimum absolute atomic E-state index is 0.173. The molecular formula is C20H26N6O. The quantitative estimate of drug-likeness (QED) is 0.790. The van der Waals surface area contributed by atoms with Crippen molar-refractivity contribution in [1.82, 2.24) is 20.3 Å². The normalized spacial score (nSPS) is 14.0. The van der Waals surface area contributed by atoms with E-state index in [2.05, 4.69) is 25.2 Å². The van der Waals surface area contributed by atoms with Crippen molar-refractivity contribution in [2.75, 3.05) is 37.0 Å². The molecule has 0 bridgehead atoms. The molecule has 1 N–H and O–H groups in total. The Labute approximate surface area is 160 Å². The Morgan fingerprint density at radius 1 is 1.19 bits per heavy atom. The van der Waals surface area contributed by atoms with Gasteiger partial charge >= 0.3 is 0 Å². The van der Waals surface area contributed by atoms with Gasteiger partial charge in [-0.2, -0.15) is 15.0 Å². The van der Waals surface area contributed by atoms with Crippen molar-refractivity contribution in [3.63, 3.8) is 0 Å². The van der Waals surface area contributed by atoms with Crippen molar-refractivity contribution < 1.29 is 4.79 Å². The lowest BCUT2D eigenvalue weighted by Crippen LogP contribution is -2.26. The number of aromatic nitrogens is 3. The Bertz CT molecular complexity index is 827. The van der Waals surface area contributed by atoms with E-state index in [1.165, 1.54) is 6.08 Å². The molecule has 1 aromatic heterocycles. The summed E-state index contributed by atoms with van der Waals surface area (Å²) >= 11 is 0. The van der Waals surface area contributed by atoms with Crippen LogP contribution in [0.5, 0.6) is 0 Å². The molecule has 7 nitrogen and oxygen atoms in total. The molecule has 1 aliphatic heterocycles. The van der Waals surface area contributed by atoms with Gasteiger partial charge in [0.05, 0.1) is 6.54 Å². The third kappa shape index (κ3) is 5.03. The number of nitrogens with one attached hydrogen (secondary N) is 1. The van der Waals surface area contributed by atoms with Crippen LogP contribution in [0, 0.1) is 6.92 Å². The van der Waals surface area contributed by atoms with E-state index in [1.807, 2.05) is 56.3 Å². The van der Waals surface area contributed by atoms with Crippen LogP contribution in [0.2, 0.25) is 0 Å². The molecule has 0 radical (unpaired) electrons. The highest BCUT2D eigenvalue weighted by molar-refractivity contribution is 5.91. The van der Waals surface area contributed by atoms with Crippen LogP contribution in [-0.4, -0.2) is 48.0 Å². The maximum absolute atomic E-state index is 12.2. The lowest BCUT2D eigenvalue weighted by molar-refractivity contribution is -0.116. The van der Waals surface area contributed by atoms with Gasteiger partial charge in [0.1, 0.15) is 0 Å². The van der Waals surface area contributed by atoms with Gasteiger partial charge < -0.3 is 15.1 Å². The zero-order chi connectivity index (χ0) is 19.2. The summed E-state index contributed by atoms with van der Waals surface area (Å²) in [6.07, 6.45) is 5.66. The fourth-order valence-corrected chi connectivity index (χ4v) is 2.90. The number of carbonyl (C=O) groups excluding carboxylic acids is 1. The first kappa shape index (κ1) is 18.8. The van der Waals surface area contributed by atoms with E-state index in [0.29, 0.717) is 17.7 Å². The molecule has 142 valence electrons. The smallest absolute Gasteiger partial charge is 0.244 e. The van der Waals surface area contributed by atoms with Crippen LogP contribution in [0.15, 0.2) is 30.3 Å². The van der Waals surface area contributed by atoms with Gasteiger partial charge in [-0.1, -0.05) is 24.3 Å². The fraction of sp³-hybridized carbons (Fsp3) is 0.400. The summed E-state index contributed by atoms with van der Waals surface area (Å²) in [6, 6.07) is 7.94. The van der Waals surface area contributed by atoms with E-state index in [0.717, 1.165) is 37.1 Å². The first-order valence-corrected chi connectivity index (χ1v) is 9.22. The Morgan fingerprint density at radius 3 is 2.63 bits per heavy atom. The van der Waals surface area contributed by atoms with E-state index in [-0.39, 0.29) is 12.5 Å². The molecule has 1 aliphatic rings. The van der Waals surface area contributed by atoms with Crippen LogP contribution in [0.4, 0.5) is 11.9 Å². The Hall–Kier alpha value is -2.96. The van der Waals surface area contributed by atoms with Gasteiger partial charge in [0.15, 0.2) is 5.82 Å². The number of aryl methyl sites for hydroxylation is 1. The molecule has 7 heteroatoms. The summed E-state index contributed by atoms with van der Waals surface area (Å²) in [4.78, 5) is 29.7. The number of carbonyl (C=O) groups is 1. The van der Waals surface area contributed by atoms with Crippen LogP contribution < -0.4 is 15.1 Å². The molecule has 1 amide bonds. The number of nitrogens with zero attached hydrogens (tertiary/aromatic N) is 5. The minimum atomic E-state index is -0.173. The monoisotopic (exact) mass is 366 g/mol. The van der Waals surface area contributed by atoms with Gasteiger partial charge in [-0.25, -0.2) is 0 Å². The third-order valence-electron chi connectivity index (χ3n) is 4.47. The summed E-state index contributed by atoms with van der Waals surface area (Å²) < 4.78 is 0. The average Bonchev–Trinajstić information content (AvgIpc) is 3.20. The molecule has 0 saturated carbocycles. The molecule has 1 aromatic carbocycles. The predicted molar refractivity (Wildman–Crippen MR) is 108 cm³/mol. The minimum Gasteiger partial charge on any atom is -0.347 e. The predicted octanol–water partition coefficient (Wildman–Crippen LogP) is 2.18. The van der Waals surface area contributed by atoms with Crippen molar-refractivity contribution in [3.8, 4) is 0 Å². The molecule has 0 aliphatic carbocycles. The van der Waals surface area contributed by atoms with Gasteiger partial charge in [-0.05, 0) is 37.0 Å². The average molecular weight is 366 g/mol. The number of hydrogen-bond acceptors (Lipinski definition) is 6. The first-order chi connectivity index (χ1) is 13.0. The highest BCUT2D eigenvalue weighted by Crippen LogP contribution is 2.18. The van der Waals surface area contributed by atoms with E-state index < -0.39 is 0 Å². The maximum Gasteiger partial charge on any atom is 0.244 e. The van der Waals surface area contributed by atoms with E-state index in [9.17, 15) is 4.79 Å². The topological polar surface area (TPSA) is 74.2 Å². The third-order valence-corrected chi connectivity index (χ3v) is 4.47. The number of amides is 1. The van der Waals surface area contributed by atoms with Crippen LogP contribution in [-0.2, 0) is 11.3 Å². The Kier molecular flexibility index (Phi) is 6.01. The van der Waals surface area contributed by atoms with Crippen LogP contribution >= 0.6 is 0 Å². The molecule has 27 heavy (non-hydrogen) atoms. The summed E-state index contributed by atoms with van der Waals surface area (Å²) in [5, 5.41) is 2.86. The van der Waals surface area contributed by atoms with E-state index in [1.54, 1.807) is 0 Å². The van der Waals surface area contributed by atoms with E-state index in [4.69, 9.17) is 0 Å². The molecule has 2 aromatic rings. The van der Waals surface area contributed by atoms with Gasteiger partial charge in [-0.3, -0.25) is 4.79 Å². The van der Waals surface area contributed by atoms with Crippen molar-refractivity contribution in [2.24, 2.45) is 0 Å². The maximum atomic E-state index is 12.2. The van der Waals surface area contributed by atoms with Crippen LogP contribution in [0.1, 0.15) is 29.8 Å². The lowest BCUT2D eigenvalue weighted by Gasteiger charge is -2.18. The van der Waals surface area contributed by atoms with Crippen LogP contribution in [0.25, 0.3) is 6.08 Å². The second-order valence-electron chi connectivity index (χ2n) is 6.85. The summed E-state index contributed by atoms with van der Waals surface area (Å²) in [5.74, 6) is 1.68. The largest absolute Gasteiger partial charge is 0.347 e. The molecule has 1 fully saturated rings. The Balaban J connectivity index is 1.67. The van der Waals surface area contributed by atoms with Crippen molar-refractivity contribution in [1.29, 1.82) is 0 Å².